The Morgan fingerprint density at radius 3 is 2.63 bits per heavy atom. The molecule has 106 valence electrons. The summed E-state index contributed by atoms with van der Waals surface area (Å²) in [5, 5.41) is 0. The first kappa shape index (κ1) is 14.3. The van der Waals surface area contributed by atoms with E-state index in [-0.39, 0.29) is 11.9 Å². The minimum atomic E-state index is -0.144. The van der Waals surface area contributed by atoms with Gasteiger partial charge in [0.05, 0.1) is 11.8 Å². The van der Waals surface area contributed by atoms with Gasteiger partial charge in [0.2, 0.25) is 0 Å². The second-order valence-electron chi connectivity index (χ2n) is 5.39. The zero-order valence-electron chi connectivity index (χ0n) is 11.7. The molecule has 1 aromatic carbocycles. The van der Waals surface area contributed by atoms with Crippen LogP contribution in [0, 0.1) is 5.82 Å². The standard InChI is InChI=1S/C15H23FN2O/c1-11(17)9-12-3-4-15(14(16)10-12)18-7-5-13(19-2)6-8-18/h3-4,10-11,13H,5-9,17H2,1-2H3. The van der Waals surface area contributed by atoms with Crippen LogP contribution in [-0.4, -0.2) is 32.3 Å². The third-order valence-corrected chi connectivity index (χ3v) is 3.69. The van der Waals surface area contributed by atoms with Gasteiger partial charge in [-0.1, -0.05) is 6.07 Å². The molecule has 1 saturated heterocycles. The van der Waals surface area contributed by atoms with Crippen LogP contribution in [0.2, 0.25) is 0 Å². The maximum absolute atomic E-state index is 14.2. The summed E-state index contributed by atoms with van der Waals surface area (Å²) in [6.07, 6.45) is 2.94. The molecule has 1 aromatic rings. The summed E-state index contributed by atoms with van der Waals surface area (Å²) in [7, 11) is 1.74. The van der Waals surface area contributed by atoms with Gasteiger partial charge in [0.15, 0.2) is 0 Å². The van der Waals surface area contributed by atoms with Crippen LogP contribution in [-0.2, 0) is 11.2 Å². The molecule has 0 aliphatic carbocycles. The van der Waals surface area contributed by atoms with E-state index in [9.17, 15) is 4.39 Å². The first-order valence-electron chi connectivity index (χ1n) is 6.92. The van der Waals surface area contributed by atoms with Crippen LogP contribution in [0.3, 0.4) is 0 Å². The third kappa shape index (κ3) is 3.67. The van der Waals surface area contributed by atoms with Crippen molar-refractivity contribution in [1.82, 2.24) is 0 Å². The number of hydrogen-bond donors (Lipinski definition) is 1. The zero-order chi connectivity index (χ0) is 13.8. The maximum atomic E-state index is 14.2. The number of nitrogens with two attached hydrogens (primary N) is 1. The molecule has 19 heavy (non-hydrogen) atoms. The molecule has 2 rings (SSSR count). The fourth-order valence-corrected chi connectivity index (χ4v) is 2.64. The van der Waals surface area contributed by atoms with E-state index in [2.05, 4.69) is 4.90 Å². The van der Waals surface area contributed by atoms with Crippen molar-refractivity contribution in [2.75, 3.05) is 25.1 Å². The summed E-state index contributed by atoms with van der Waals surface area (Å²) < 4.78 is 19.5. The van der Waals surface area contributed by atoms with Gasteiger partial charge in [0.1, 0.15) is 5.82 Å². The summed E-state index contributed by atoms with van der Waals surface area (Å²) in [5.74, 6) is -0.144. The van der Waals surface area contributed by atoms with Gasteiger partial charge in [0.25, 0.3) is 0 Å². The molecule has 1 aliphatic rings. The van der Waals surface area contributed by atoms with Crippen LogP contribution in [0.25, 0.3) is 0 Å². The Kier molecular flexibility index (Phi) is 4.77. The van der Waals surface area contributed by atoms with Gasteiger partial charge in [-0.2, -0.15) is 0 Å². The van der Waals surface area contributed by atoms with Crippen molar-refractivity contribution < 1.29 is 9.13 Å². The normalized spacial score (nSPS) is 18.6. The van der Waals surface area contributed by atoms with Crippen molar-refractivity contribution in [3.05, 3.63) is 29.6 Å². The molecule has 3 nitrogen and oxygen atoms in total. The fourth-order valence-electron chi connectivity index (χ4n) is 2.64. The predicted molar refractivity (Wildman–Crippen MR) is 76.0 cm³/mol. The van der Waals surface area contributed by atoms with Crippen molar-refractivity contribution >= 4 is 5.69 Å². The molecule has 1 aliphatic heterocycles. The number of halogens is 1. The number of piperidine rings is 1. The van der Waals surface area contributed by atoms with Gasteiger partial charge in [-0.3, -0.25) is 0 Å². The maximum Gasteiger partial charge on any atom is 0.146 e. The van der Waals surface area contributed by atoms with Crippen molar-refractivity contribution in [3.63, 3.8) is 0 Å². The Bertz CT molecular complexity index is 415. The number of methoxy groups -OCH3 is 1. The fraction of sp³-hybridized carbons (Fsp3) is 0.600. The highest BCUT2D eigenvalue weighted by Gasteiger charge is 2.21. The Hall–Kier alpha value is -1.13. The van der Waals surface area contributed by atoms with Gasteiger partial charge in [-0.25, -0.2) is 4.39 Å². The smallest absolute Gasteiger partial charge is 0.146 e. The van der Waals surface area contributed by atoms with Crippen LogP contribution in [0.4, 0.5) is 10.1 Å². The first-order chi connectivity index (χ1) is 9.10. The molecule has 0 radical (unpaired) electrons. The van der Waals surface area contributed by atoms with Crippen molar-refractivity contribution in [1.29, 1.82) is 0 Å². The minimum absolute atomic E-state index is 0.0581. The molecule has 1 unspecified atom stereocenters. The SMILES string of the molecule is COC1CCN(c2ccc(CC(C)N)cc2F)CC1. The van der Waals surface area contributed by atoms with Gasteiger partial charge in [-0.15, -0.1) is 0 Å². The molecule has 0 spiro atoms. The van der Waals surface area contributed by atoms with E-state index < -0.39 is 0 Å². The number of anilines is 1. The molecule has 1 heterocycles. The van der Waals surface area contributed by atoms with E-state index >= 15 is 0 Å². The van der Waals surface area contributed by atoms with Crippen molar-refractivity contribution in [2.45, 2.75) is 38.3 Å². The number of rotatable bonds is 4. The summed E-state index contributed by atoms with van der Waals surface area (Å²) in [6.45, 7) is 3.63. The molecule has 0 amide bonds. The molecular formula is C15H23FN2O. The lowest BCUT2D eigenvalue weighted by Gasteiger charge is -2.33. The van der Waals surface area contributed by atoms with Crippen LogP contribution in [0.5, 0.6) is 0 Å². The average molecular weight is 266 g/mol. The number of ether oxygens (including phenoxy) is 1. The van der Waals surface area contributed by atoms with Crippen LogP contribution < -0.4 is 10.6 Å². The van der Waals surface area contributed by atoms with E-state index in [1.165, 1.54) is 0 Å². The second kappa shape index (κ2) is 6.35. The molecule has 1 fully saturated rings. The molecule has 1 atom stereocenters. The highest BCUT2D eigenvalue weighted by molar-refractivity contribution is 5.49. The topological polar surface area (TPSA) is 38.5 Å². The highest BCUT2D eigenvalue weighted by Crippen LogP contribution is 2.25. The van der Waals surface area contributed by atoms with E-state index in [1.807, 2.05) is 19.1 Å². The Morgan fingerprint density at radius 2 is 2.11 bits per heavy atom. The number of benzene rings is 1. The van der Waals surface area contributed by atoms with Gasteiger partial charge in [0, 0.05) is 26.2 Å². The summed E-state index contributed by atoms with van der Waals surface area (Å²) in [5.41, 5.74) is 7.40. The van der Waals surface area contributed by atoms with Crippen LogP contribution >= 0.6 is 0 Å². The van der Waals surface area contributed by atoms with Crippen molar-refractivity contribution in [2.24, 2.45) is 5.73 Å². The van der Waals surface area contributed by atoms with E-state index in [1.54, 1.807) is 13.2 Å². The largest absolute Gasteiger partial charge is 0.381 e. The monoisotopic (exact) mass is 266 g/mol. The Labute approximate surface area is 114 Å². The molecule has 0 bridgehead atoms. The lowest BCUT2D eigenvalue weighted by Crippen LogP contribution is -2.37. The predicted octanol–water partition coefficient (Wildman–Crippen LogP) is 2.33. The van der Waals surface area contributed by atoms with Gasteiger partial charge in [-0.05, 0) is 43.9 Å². The average Bonchev–Trinajstić information content (AvgIpc) is 2.38. The second-order valence-corrected chi connectivity index (χ2v) is 5.39. The zero-order valence-corrected chi connectivity index (χ0v) is 11.7. The summed E-state index contributed by atoms with van der Waals surface area (Å²) in [4.78, 5) is 2.10. The third-order valence-electron chi connectivity index (χ3n) is 3.69. The minimum Gasteiger partial charge on any atom is -0.381 e. The van der Waals surface area contributed by atoms with E-state index in [4.69, 9.17) is 10.5 Å². The van der Waals surface area contributed by atoms with Gasteiger partial charge < -0.3 is 15.4 Å². The lowest BCUT2D eigenvalue weighted by atomic mass is 10.0. The lowest BCUT2D eigenvalue weighted by molar-refractivity contribution is 0.0818. The summed E-state index contributed by atoms with van der Waals surface area (Å²) in [6, 6.07) is 5.52. The summed E-state index contributed by atoms with van der Waals surface area (Å²) >= 11 is 0. The van der Waals surface area contributed by atoms with Gasteiger partial charge >= 0.3 is 0 Å². The molecule has 4 heteroatoms. The number of nitrogens with zero attached hydrogens (tertiary/aromatic N) is 1. The Morgan fingerprint density at radius 1 is 1.42 bits per heavy atom. The van der Waals surface area contributed by atoms with E-state index in [0.717, 1.165) is 31.5 Å². The molecule has 2 N–H and O–H groups in total. The highest BCUT2D eigenvalue weighted by atomic mass is 19.1. The molecular weight excluding hydrogens is 243 g/mol. The van der Waals surface area contributed by atoms with Crippen LogP contribution in [0.15, 0.2) is 18.2 Å². The molecule has 0 saturated carbocycles. The molecule has 0 aromatic heterocycles. The van der Waals surface area contributed by atoms with Crippen molar-refractivity contribution in [3.8, 4) is 0 Å². The quantitative estimate of drug-likeness (QED) is 0.909. The number of hydrogen-bond acceptors (Lipinski definition) is 3. The first-order valence-corrected chi connectivity index (χ1v) is 6.92. The Balaban J connectivity index is 2.05. The van der Waals surface area contributed by atoms with E-state index in [0.29, 0.717) is 18.2 Å². The van der Waals surface area contributed by atoms with Crippen LogP contribution in [0.1, 0.15) is 25.3 Å².